The third-order valence-corrected chi connectivity index (χ3v) is 6.56. The summed E-state index contributed by atoms with van der Waals surface area (Å²) in [6.45, 7) is 7.23. The smallest absolute Gasteiger partial charge is 0.388 e. The van der Waals surface area contributed by atoms with Crippen molar-refractivity contribution in [1.82, 2.24) is 4.90 Å². The summed E-state index contributed by atoms with van der Waals surface area (Å²) >= 11 is 0. The average Bonchev–Trinajstić information content (AvgIpc) is 2.76. The lowest BCUT2D eigenvalue weighted by Crippen LogP contribution is -2.28. The fraction of sp³-hybridized carbons (Fsp3) is 0.615. The van der Waals surface area contributed by atoms with Crippen LogP contribution in [0.4, 0.5) is 13.2 Å². The normalized spacial score (nSPS) is 15.5. The van der Waals surface area contributed by atoms with Gasteiger partial charge in [0.2, 0.25) is 0 Å². The van der Waals surface area contributed by atoms with Crippen LogP contribution in [-0.4, -0.2) is 29.6 Å². The van der Waals surface area contributed by atoms with E-state index in [2.05, 4.69) is 24.8 Å². The number of hydrogen-bond donors (Lipinski definition) is 1. The predicted octanol–water partition coefficient (Wildman–Crippen LogP) is 7.06. The molecule has 31 heavy (non-hydrogen) atoms. The van der Waals surface area contributed by atoms with Gasteiger partial charge in [0.25, 0.3) is 0 Å². The maximum atomic E-state index is 13.4. The molecule has 0 heterocycles. The number of aliphatic hydroxyl groups excluding tert-OH is 1. The number of hydrogen-bond acceptors (Lipinski definition) is 2. The van der Waals surface area contributed by atoms with Crippen molar-refractivity contribution in [2.24, 2.45) is 0 Å². The number of rotatable bonds is 10. The minimum absolute atomic E-state index is 0.600. The van der Waals surface area contributed by atoms with Crippen LogP contribution in [-0.2, 0) is 19.0 Å². The summed E-state index contributed by atoms with van der Waals surface area (Å²) in [6, 6.07) is 6.09. The Kier molecular flexibility index (Phi) is 8.40. The van der Waals surface area contributed by atoms with Crippen LogP contribution in [0.2, 0.25) is 0 Å². The molecule has 0 bridgehead atoms. The summed E-state index contributed by atoms with van der Waals surface area (Å²) in [5, 5.41) is 12.5. The van der Waals surface area contributed by atoms with Crippen LogP contribution >= 0.6 is 0 Å². The van der Waals surface area contributed by atoms with Crippen molar-refractivity contribution in [3.63, 3.8) is 0 Å². The lowest BCUT2D eigenvalue weighted by molar-refractivity contribution is -0.137. The standard InChI is InChI=1S/C26H36F3NO/c1-3-5-14-30(15-6-4-2)16-13-25(31)24-17-19-9-7-8-10-21(19)23-18-20(26(27,28)29)11-12-22(23)24/h11-12,17-18,25,31H,3-10,13-16H2,1-2H3. The number of benzene rings is 2. The minimum Gasteiger partial charge on any atom is -0.388 e. The highest BCUT2D eigenvalue weighted by Gasteiger charge is 2.31. The number of fused-ring (bicyclic) bond motifs is 3. The topological polar surface area (TPSA) is 23.5 Å². The van der Waals surface area contributed by atoms with E-state index in [4.69, 9.17) is 0 Å². The quantitative estimate of drug-likeness (QED) is 0.432. The summed E-state index contributed by atoms with van der Waals surface area (Å²) in [4.78, 5) is 2.42. The fourth-order valence-corrected chi connectivity index (χ4v) is 4.72. The highest BCUT2D eigenvalue weighted by Crippen LogP contribution is 2.38. The van der Waals surface area contributed by atoms with Gasteiger partial charge in [0.1, 0.15) is 0 Å². The SMILES string of the molecule is CCCCN(CCCC)CCC(O)c1cc2c(c3cc(C(F)(F)F)ccc13)CCCC2. The zero-order valence-corrected chi connectivity index (χ0v) is 18.9. The number of aryl methyl sites for hydroxylation is 2. The average molecular weight is 436 g/mol. The molecule has 1 unspecified atom stereocenters. The summed E-state index contributed by atoms with van der Waals surface area (Å²) in [5.74, 6) is 0. The Morgan fingerprint density at radius 1 is 0.935 bits per heavy atom. The molecule has 0 saturated heterocycles. The molecule has 5 heteroatoms. The largest absolute Gasteiger partial charge is 0.416 e. The van der Waals surface area contributed by atoms with Gasteiger partial charge >= 0.3 is 6.18 Å². The number of aliphatic hydroxyl groups is 1. The van der Waals surface area contributed by atoms with Crippen molar-refractivity contribution in [3.05, 3.63) is 46.5 Å². The van der Waals surface area contributed by atoms with E-state index in [-0.39, 0.29) is 0 Å². The zero-order chi connectivity index (χ0) is 22.4. The van der Waals surface area contributed by atoms with Crippen molar-refractivity contribution in [2.75, 3.05) is 19.6 Å². The molecule has 2 nitrogen and oxygen atoms in total. The van der Waals surface area contributed by atoms with Crippen molar-refractivity contribution in [1.29, 1.82) is 0 Å². The van der Waals surface area contributed by atoms with Crippen molar-refractivity contribution < 1.29 is 18.3 Å². The third kappa shape index (κ3) is 6.01. The summed E-state index contributed by atoms with van der Waals surface area (Å²) in [5.41, 5.74) is 2.33. The molecule has 0 saturated carbocycles. The van der Waals surface area contributed by atoms with Crippen LogP contribution in [0.3, 0.4) is 0 Å². The molecular formula is C26H36F3NO. The Morgan fingerprint density at radius 3 is 2.26 bits per heavy atom. The molecule has 0 fully saturated rings. The molecule has 1 aliphatic rings. The van der Waals surface area contributed by atoms with Gasteiger partial charge in [-0.15, -0.1) is 0 Å². The number of alkyl halides is 3. The molecule has 3 rings (SSSR count). The lowest BCUT2D eigenvalue weighted by atomic mass is 9.83. The molecule has 0 amide bonds. The Bertz CT molecular complexity index is 854. The van der Waals surface area contributed by atoms with Gasteiger partial charge in [-0.3, -0.25) is 0 Å². The van der Waals surface area contributed by atoms with Gasteiger partial charge in [-0.1, -0.05) is 38.8 Å². The second-order valence-electron chi connectivity index (χ2n) is 8.92. The lowest BCUT2D eigenvalue weighted by Gasteiger charge is -2.26. The summed E-state index contributed by atoms with van der Waals surface area (Å²) in [7, 11) is 0. The van der Waals surface area contributed by atoms with E-state index in [1.807, 2.05) is 0 Å². The van der Waals surface area contributed by atoms with Gasteiger partial charge in [0, 0.05) is 6.54 Å². The Hall–Kier alpha value is -1.59. The molecule has 0 aliphatic heterocycles. The summed E-state index contributed by atoms with van der Waals surface area (Å²) in [6.07, 6.45) is 3.88. The van der Waals surface area contributed by atoms with Crippen LogP contribution in [0.15, 0.2) is 24.3 Å². The van der Waals surface area contributed by atoms with Crippen LogP contribution < -0.4 is 0 Å². The van der Waals surface area contributed by atoms with E-state index in [1.54, 1.807) is 6.07 Å². The van der Waals surface area contributed by atoms with E-state index in [0.29, 0.717) is 11.8 Å². The van der Waals surface area contributed by atoms with Gasteiger partial charge in [-0.2, -0.15) is 13.2 Å². The van der Waals surface area contributed by atoms with E-state index >= 15 is 0 Å². The third-order valence-electron chi connectivity index (χ3n) is 6.56. The highest BCUT2D eigenvalue weighted by molar-refractivity contribution is 5.91. The van der Waals surface area contributed by atoms with Gasteiger partial charge in [0.05, 0.1) is 11.7 Å². The first kappa shape index (κ1) is 24.1. The first-order valence-corrected chi connectivity index (χ1v) is 11.9. The second kappa shape index (κ2) is 10.8. The van der Waals surface area contributed by atoms with Gasteiger partial charge in [-0.25, -0.2) is 0 Å². The first-order chi connectivity index (χ1) is 14.8. The van der Waals surface area contributed by atoms with E-state index < -0.39 is 17.8 Å². The zero-order valence-electron chi connectivity index (χ0n) is 18.9. The van der Waals surface area contributed by atoms with E-state index in [1.165, 1.54) is 6.07 Å². The molecule has 0 radical (unpaired) electrons. The van der Waals surface area contributed by atoms with Gasteiger partial charge < -0.3 is 10.0 Å². The van der Waals surface area contributed by atoms with Crippen molar-refractivity contribution >= 4 is 10.8 Å². The highest BCUT2D eigenvalue weighted by atomic mass is 19.4. The molecule has 1 atom stereocenters. The molecule has 2 aromatic rings. The molecule has 0 spiro atoms. The first-order valence-electron chi connectivity index (χ1n) is 11.9. The maximum absolute atomic E-state index is 13.4. The van der Waals surface area contributed by atoms with Crippen LogP contribution in [0.25, 0.3) is 10.8 Å². The Morgan fingerprint density at radius 2 is 1.61 bits per heavy atom. The monoisotopic (exact) mass is 435 g/mol. The fourth-order valence-electron chi connectivity index (χ4n) is 4.72. The number of halogens is 3. The van der Waals surface area contributed by atoms with E-state index in [9.17, 15) is 18.3 Å². The van der Waals surface area contributed by atoms with Crippen molar-refractivity contribution in [3.8, 4) is 0 Å². The van der Waals surface area contributed by atoms with Crippen LogP contribution in [0.5, 0.6) is 0 Å². The molecule has 0 aromatic heterocycles. The molecular weight excluding hydrogens is 399 g/mol. The Labute approximate surface area is 184 Å². The molecule has 1 N–H and O–H groups in total. The van der Waals surface area contributed by atoms with Gasteiger partial charge in [0.15, 0.2) is 0 Å². The number of unbranched alkanes of at least 4 members (excludes halogenated alkanes) is 2. The minimum atomic E-state index is -4.36. The maximum Gasteiger partial charge on any atom is 0.416 e. The number of nitrogens with zero attached hydrogens (tertiary/aromatic N) is 1. The Balaban J connectivity index is 1.89. The summed E-state index contributed by atoms with van der Waals surface area (Å²) < 4.78 is 40.1. The molecule has 1 aliphatic carbocycles. The molecule has 2 aromatic carbocycles. The van der Waals surface area contributed by atoms with Crippen LogP contribution in [0, 0.1) is 0 Å². The van der Waals surface area contributed by atoms with Crippen molar-refractivity contribution in [2.45, 2.75) is 83.9 Å². The van der Waals surface area contributed by atoms with Gasteiger partial charge in [-0.05, 0) is 97.6 Å². The predicted molar refractivity (Wildman–Crippen MR) is 121 cm³/mol. The van der Waals surface area contributed by atoms with Crippen LogP contribution in [0.1, 0.15) is 87.2 Å². The van der Waals surface area contributed by atoms with E-state index in [0.717, 1.165) is 99.1 Å². The molecule has 172 valence electrons. The second-order valence-corrected chi connectivity index (χ2v) is 8.92.